The maximum atomic E-state index is 11.5. The van der Waals surface area contributed by atoms with Crippen molar-refractivity contribution >= 4 is 23.5 Å². The Morgan fingerprint density at radius 3 is 1.83 bits per heavy atom. The number of aliphatic hydroxyl groups is 3. The third-order valence-corrected chi connectivity index (χ3v) is 12.1. The average Bonchev–Trinajstić information content (AvgIpc) is 3.03. The van der Waals surface area contributed by atoms with Gasteiger partial charge in [-0.05, 0) is 37.2 Å². The van der Waals surface area contributed by atoms with Crippen LogP contribution in [0.5, 0.6) is 0 Å². The Morgan fingerprint density at radius 2 is 1.22 bits per heavy atom. The van der Waals surface area contributed by atoms with Crippen LogP contribution in [0.4, 0.5) is 0 Å². The fraction of sp³-hybridized carbons (Fsp3) is 1.00. The van der Waals surface area contributed by atoms with E-state index in [0.717, 1.165) is 24.3 Å². The Balaban J connectivity index is 1.55. The van der Waals surface area contributed by atoms with Crippen LogP contribution in [0, 0.1) is 0 Å². The standard InChI is InChI=1S/C32H65N5O7S2/c1-3-5-7-9-11-13-45-18-23-26(38)25(37)27(39)32(42-23)44-30-20(35)15-19(34)29(28(30)40)43-31-21(36)16-24(22(17-33)41-31)46-14-12-10-8-6-4-2/h19-32,38-40H,3-18,33-37H2,1-2H3/t19-,20+,21+,22+,23+,24+,25-,26+,27+,28-,29+,30-,31+,32+/m0/s1. The number of hydrogen-bond donors (Lipinski definition) is 8. The number of nitrogens with two attached hydrogens (primary N) is 5. The van der Waals surface area contributed by atoms with E-state index in [1.165, 1.54) is 51.4 Å². The largest absolute Gasteiger partial charge is 0.389 e. The summed E-state index contributed by atoms with van der Waals surface area (Å²) in [5.41, 5.74) is 31.7. The molecule has 0 amide bonds. The lowest BCUT2D eigenvalue weighted by atomic mass is 9.84. The SMILES string of the molecule is CCCCCCCSC[C@H]1O[C@H](O[C@@H]2[C@@H](O)[C@H](O[C@H]3O[C@H](CN)[C@H](SCCCCCCC)C[C@H]3N)[C@@H](N)C[C@H]2N)[C@H](O)[C@@H](N)[C@@H]1O. The fourth-order valence-corrected chi connectivity index (χ4v) is 9.02. The molecule has 0 spiro atoms. The molecule has 14 heteroatoms. The Hall–Kier alpha value is 0.220. The van der Waals surface area contributed by atoms with E-state index in [0.29, 0.717) is 25.1 Å². The molecule has 0 aromatic rings. The number of thioether (sulfide) groups is 2. The first kappa shape index (κ1) is 40.6. The lowest BCUT2D eigenvalue weighted by Gasteiger charge is -2.48. The van der Waals surface area contributed by atoms with Gasteiger partial charge in [-0.2, -0.15) is 23.5 Å². The highest BCUT2D eigenvalue weighted by Crippen LogP contribution is 2.34. The topological polar surface area (TPSA) is 228 Å². The number of rotatable bonds is 20. The summed E-state index contributed by atoms with van der Waals surface area (Å²) in [5.74, 6) is 2.48. The van der Waals surface area contributed by atoms with Crippen LogP contribution in [0.2, 0.25) is 0 Å². The van der Waals surface area contributed by atoms with Gasteiger partial charge in [0.1, 0.15) is 24.4 Å². The van der Waals surface area contributed by atoms with Gasteiger partial charge in [0.05, 0.1) is 30.4 Å². The molecule has 46 heavy (non-hydrogen) atoms. The molecule has 2 saturated heterocycles. The summed E-state index contributed by atoms with van der Waals surface area (Å²) in [5, 5.41) is 33.2. The highest BCUT2D eigenvalue weighted by atomic mass is 32.2. The molecule has 13 N–H and O–H groups in total. The van der Waals surface area contributed by atoms with Crippen LogP contribution in [0.3, 0.4) is 0 Å². The zero-order valence-electron chi connectivity index (χ0n) is 28.1. The third kappa shape index (κ3) is 11.9. The molecule has 0 radical (unpaired) electrons. The average molecular weight is 696 g/mol. The highest BCUT2D eigenvalue weighted by molar-refractivity contribution is 8.00. The summed E-state index contributed by atoms with van der Waals surface area (Å²) in [6, 6.07) is -2.67. The van der Waals surface area contributed by atoms with Crippen molar-refractivity contribution in [3.8, 4) is 0 Å². The normalized spacial score (nSPS) is 40.3. The van der Waals surface area contributed by atoms with Crippen molar-refractivity contribution < 1.29 is 34.3 Å². The second kappa shape index (κ2) is 21.4. The van der Waals surface area contributed by atoms with Crippen molar-refractivity contribution in [3.63, 3.8) is 0 Å². The van der Waals surface area contributed by atoms with Gasteiger partial charge in [0.2, 0.25) is 0 Å². The van der Waals surface area contributed by atoms with Gasteiger partial charge in [-0.1, -0.05) is 65.2 Å². The summed E-state index contributed by atoms with van der Waals surface area (Å²) < 4.78 is 24.7. The minimum absolute atomic E-state index is 0.164. The summed E-state index contributed by atoms with van der Waals surface area (Å²) in [6.45, 7) is 4.73. The van der Waals surface area contributed by atoms with Crippen LogP contribution in [-0.2, 0) is 18.9 Å². The van der Waals surface area contributed by atoms with E-state index < -0.39 is 73.4 Å². The van der Waals surface area contributed by atoms with Crippen LogP contribution < -0.4 is 28.7 Å². The summed E-state index contributed by atoms with van der Waals surface area (Å²) >= 11 is 3.53. The van der Waals surface area contributed by atoms with Crippen molar-refractivity contribution in [3.05, 3.63) is 0 Å². The molecule has 14 atom stereocenters. The lowest BCUT2D eigenvalue weighted by molar-refractivity contribution is -0.307. The van der Waals surface area contributed by atoms with E-state index in [1.54, 1.807) is 11.8 Å². The van der Waals surface area contributed by atoms with Crippen LogP contribution >= 0.6 is 23.5 Å². The molecule has 272 valence electrons. The van der Waals surface area contributed by atoms with E-state index in [-0.39, 0.29) is 11.4 Å². The predicted octanol–water partition coefficient (Wildman–Crippen LogP) is 1.13. The van der Waals surface area contributed by atoms with Crippen molar-refractivity contribution in [1.29, 1.82) is 0 Å². The second-order valence-electron chi connectivity index (χ2n) is 13.3. The molecule has 0 bridgehead atoms. The molecule has 2 aliphatic heterocycles. The maximum absolute atomic E-state index is 11.5. The molecule has 3 fully saturated rings. The van der Waals surface area contributed by atoms with Gasteiger partial charge in [-0.15, -0.1) is 0 Å². The number of ether oxygens (including phenoxy) is 4. The molecule has 12 nitrogen and oxygen atoms in total. The summed E-state index contributed by atoms with van der Waals surface area (Å²) in [4.78, 5) is 0. The molecule has 0 aromatic carbocycles. The van der Waals surface area contributed by atoms with Gasteiger partial charge in [-0.3, -0.25) is 0 Å². The van der Waals surface area contributed by atoms with Gasteiger partial charge >= 0.3 is 0 Å². The van der Waals surface area contributed by atoms with Crippen molar-refractivity contribution in [1.82, 2.24) is 0 Å². The Labute approximate surface area is 285 Å². The highest BCUT2D eigenvalue weighted by Gasteiger charge is 2.50. The summed E-state index contributed by atoms with van der Waals surface area (Å²) in [7, 11) is 0. The molecule has 1 aliphatic carbocycles. The van der Waals surface area contributed by atoms with Crippen molar-refractivity contribution in [2.24, 2.45) is 28.7 Å². The Morgan fingerprint density at radius 1 is 0.652 bits per heavy atom. The molecule has 2 heterocycles. The predicted molar refractivity (Wildman–Crippen MR) is 186 cm³/mol. The summed E-state index contributed by atoms with van der Waals surface area (Å²) in [6.07, 6.45) is 4.63. The van der Waals surface area contributed by atoms with Gasteiger partial charge in [0.25, 0.3) is 0 Å². The number of unbranched alkanes of at least 4 members (excludes halogenated alkanes) is 8. The van der Waals surface area contributed by atoms with Gasteiger partial charge in [-0.25, -0.2) is 0 Å². The van der Waals surface area contributed by atoms with Crippen molar-refractivity contribution in [2.75, 3.05) is 23.8 Å². The molecule has 0 aromatic heterocycles. The van der Waals surface area contributed by atoms with E-state index in [9.17, 15) is 15.3 Å². The molecular weight excluding hydrogens is 631 g/mol. The van der Waals surface area contributed by atoms with E-state index in [2.05, 4.69) is 13.8 Å². The van der Waals surface area contributed by atoms with Crippen LogP contribution in [-0.4, -0.2) is 124 Å². The van der Waals surface area contributed by atoms with Crippen molar-refractivity contribution in [2.45, 2.75) is 176 Å². The van der Waals surface area contributed by atoms with E-state index in [1.807, 2.05) is 11.8 Å². The zero-order chi connectivity index (χ0) is 33.6. The Kier molecular flexibility index (Phi) is 18.9. The van der Waals surface area contributed by atoms with Gasteiger partial charge in [0, 0.05) is 29.6 Å². The molecule has 3 rings (SSSR count). The first-order chi connectivity index (χ1) is 22.1. The molecule has 0 unspecified atom stereocenters. The fourth-order valence-electron chi connectivity index (χ4n) is 6.52. The first-order valence-electron chi connectivity index (χ1n) is 17.7. The minimum atomic E-state index is -1.32. The molecule has 1 saturated carbocycles. The van der Waals surface area contributed by atoms with Gasteiger partial charge in [0.15, 0.2) is 12.6 Å². The zero-order valence-corrected chi connectivity index (χ0v) is 29.7. The minimum Gasteiger partial charge on any atom is -0.389 e. The molecular formula is C32H65N5O7S2. The van der Waals surface area contributed by atoms with E-state index >= 15 is 0 Å². The lowest BCUT2D eigenvalue weighted by Crippen LogP contribution is -2.68. The second-order valence-corrected chi connectivity index (χ2v) is 15.8. The Bertz CT molecular complexity index is 829. The van der Waals surface area contributed by atoms with Crippen LogP contribution in [0.15, 0.2) is 0 Å². The smallest absolute Gasteiger partial charge is 0.186 e. The third-order valence-electron chi connectivity index (χ3n) is 9.47. The monoisotopic (exact) mass is 695 g/mol. The number of aliphatic hydroxyl groups excluding tert-OH is 3. The maximum Gasteiger partial charge on any atom is 0.186 e. The van der Waals surface area contributed by atoms with Crippen LogP contribution in [0.25, 0.3) is 0 Å². The van der Waals surface area contributed by atoms with Gasteiger partial charge < -0.3 is 62.9 Å². The first-order valence-corrected chi connectivity index (χ1v) is 19.9. The quantitative estimate of drug-likeness (QED) is 0.0836. The molecule has 3 aliphatic rings. The van der Waals surface area contributed by atoms with Crippen LogP contribution in [0.1, 0.15) is 90.9 Å². The number of hydrogen-bond acceptors (Lipinski definition) is 14. The van der Waals surface area contributed by atoms with E-state index in [4.69, 9.17) is 47.6 Å².